The van der Waals surface area contributed by atoms with Gasteiger partial charge in [0.2, 0.25) is 5.78 Å². The van der Waals surface area contributed by atoms with E-state index in [9.17, 15) is 19.2 Å². The topological polar surface area (TPSA) is 133 Å². The number of hydrogen-bond acceptors (Lipinski definition) is 7. The third-order valence-electron chi connectivity index (χ3n) is 3.50. The van der Waals surface area contributed by atoms with Gasteiger partial charge >= 0.3 is 11.7 Å². The number of rotatable bonds is 6. The van der Waals surface area contributed by atoms with Crippen molar-refractivity contribution in [3.05, 3.63) is 55.2 Å². The van der Waals surface area contributed by atoms with Crippen LogP contribution >= 0.6 is 11.6 Å². The molecule has 2 aromatic rings. The van der Waals surface area contributed by atoms with E-state index < -0.39 is 41.8 Å². The Balaban J connectivity index is 1.97. The number of halogens is 1. The number of ether oxygens (including phenoxy) is 2. The van der Waals surface area contributed by atoms with Gasteiger partial charge in [0.05, 0.1) is 0 Å². The van der Waals surface area contributed by atoms with Crippen LogP contribution in [0.1, 0.15) is 15.9 Å². The summed E-state index contributed by atoms with van der Waals surface area (Å²) in [5.41, 5.74) is 4.18. The number of esters is 1. The maximum absolute atomic E-state index is 12.1. The number of carbonyl (C=O) groups excluding carboxylic acids is 2. The number of aromatic amines is 1. The first-order valence-electron chi connectivity index (χ1n) is 7.37. The summed E-state index contributed by atoms with van der Waals surface area (Å²) in [6, 6.07) is 4.87. The molecule has 0 atom stereocenters. The average molecular weight is 382 g/mol. The van der Waals surface area contributed by atoms with E-state index in [1.54, 1.807) is 25.1 Å². The third-order valence-corrected chi connectivity index (χ3v) is 3.73. The molecule has 0 aliphatic heterocycles. The molecule has 0 unspecified atom stereocenters. The molecule has 0 bridgehead atoms. The number of anilines is 1. The van der Waals surface area contributed by atoms with E-state index in [2.05, 4.69) is 0 Å². The van der Waals surface area contributed by atoms with Crippen molar-refractivity contribution in [1.29, 1.82) is 0 Å². The number of nitrogens with two attached hydrogens (primary N) is 1. The van der Waals surface area contributed by atoms with Crippen LogP contribution in [-0.2, 0) is 16.6 Å². The second kappa shape index (κ2) is 7.87. The number of nitrogen functional groups attached to an aromatic ring is 1. The van der Waals surface area contributed by atoms with E-state index in [0.717, 1.165) is 10.1 Å². The van der Waals surface area contributed by atoms with Gasteiger partial charge in [0.1, 0.15) is 17.1 Å². The molecule has 138 valence electrons. The van der Waals surface area contributed by atoms with Gasteiger partial charge in [-0.05, 0) is 30.7 Å². The lowest BCUT2D eigenvalue weighted by Crippen LogP contribution is -2.36. The number of Topliss-reactive ketones (excluding diaryl/α,β-unsaturated/α-hetero) is 1. The third kappa shape index (κ3) is 4.31. The predicted molar refractivity (Wildman–Crippen MR) is 93.7 cm³/mol. The van der Waals surface area contributed by atoms with Crippen LogP contribution < -0.4 is 21.7 Å². The second-order valence-electron chi connectivity index (χ2n) is 5.36. The molecule has 0 spiro atoms. The van der Waals surface area contributed by atoms with Crippen molar-refractivity contribution in [3.8, 4) is 5.75 Å². The number of carbonyl (C=O) groups is 2. The average Bonchev–Trinajstić information content (AvgIpc) is 2.57. The van der Waals surface area contributed by atoms with Crippen LogP contribution in [0.15, 0.2) is 27.8 Å². The highest BCUT2D eigenvalue weighted by molar-refractivity contribution is 6.30. The molecule has 0 saturated heterocycles. The Morgan fingerprint density at radius 1 is 1.27 bits per heavy atom. The van der Waals surface area contributed by atoms with Crippen molar-refractivity contribution < 1.29 is 19.1 Å². The highest BCUT2D eigenvalue weighted by Crippen LogP contribution is 2.21. The number of aryl methyl sites for hydroxylation is 1. The highest BCUT2D eigenvalue weighted by Gasteiger charge is 2.19. The number of nitrogens with zero attached hydrogens (tertiary/aromatic N) is 1. The van der Waals surface area contributed by atoms with Gasteiger partial charge in [-0.15, -0.1) is 0 Å². The summed E-state index contributed by atoms with van der Waals surface area (Å²) >= 11 is 5.82. The Morgan fingerprint density at radius 3 is 2.62 bits per heavy atom. The highest BCUT2D eigenvalue weighted by atomic mass is 35.5. The smallest absolute Gasteiger partial charge is 0.344 e. The first kappa shape index (κ1) is 19.3. The zero-order valence-electron chi connectivity index (χ0n) is 14.0. The van der Waals surface area contributed by atoms with Gasteiger partial charge in [-0.25, -0.2) is 9.59 Å². The molecular formula is C16H16ClN3O6. The summed E-state index contributed by atoms with van der Waals surface area (Å²) in [6.07, 6.45) is 0. The number of hydrogen-bond donors (Lipinski definition) is 2. The molecule has 0 radical (unpaired) electrons. The van der Waals surface area contributed by atoms with E-state index in [0.29, 0.717) is 10.8 Å². The SMILES string of the molecule is Cc1cc(Cl)ccc1OCC(=O)OCC(=O)c1c(N)n(C)c(=O)[nH]c1=O. The van der Waals surface area contributed by atoms with Gasteiger partial charge in [-0.2, -0.15) is 0 Å². The van der Waals surface area contributed by atoms with Crippen LogP contribution in [0.2, 0.25) is 5.02 Å². The van der Waals surface area contributed by atoms with Crippen molar-refractivity contribution >= 4 is 29.2 Å². The molecule has 0 saturated carbocycles. The number of benzene rings is 1. The van der Waals surface area contributed by atoms with E-state index in [1.807, 2.05) is 4.98 Å². The Labute approximate surface area is 152 Å². The largest absolute Gasteiger partial charge is 0.482 e. The summed E-state index contributed by atoms with van der Waals surface area (Å²) in [6.45, 7) is 0.604. The lowest BCUT2D eigenvalue weighted by Gasteiger charge is -2.10. The summed E-state index contributed by atoms with van der Waals surface area (Å²) in [5, 5.41) is 0.531. The fourth-order valence-electron chi connectivity index (χ4n) is 2.08. The van der Waals surface area contributed by atoms with Crippen molar-refractivity contribution in [2.45, 2.75) is 6.92 Å². The molecule has 1 aromatic heterocycles. The molecule has 9 nitrogen and oxygen atoms in total. The normalized spacial score (nSPS) is 10.4. The summed E-state index contributed by atoms with van der Waals surface area (Å²) in [7, 11) is 1.29. The van der Waals surface area contributed by atoms with Crippen LogP contribution in [0.25, 0.3) is 0 Å². The fraction of sp³-hybridized carbons (Fsp3) is 0.250. The standard InChI is InChI=1S/C16H16ClN3O6/c1-8-5-9(17)3-4-11(8)25-7-12(22)26-6-10(21)13-14(18)20(2)16(24)19-15(13)23/h3-5H,6-7,18H2,1-2H3,(H,19,23,24). The minimum atomic E-state index is -0.945. The van der Waals surface area contributed by atoms with E-state index in [1.165, 1.54) is 7.05 Å². The molecule has 26 heavy (non-hydrogen) atoms. The molecule has 0 fully saturated rings. The number of nitrogens with one attached hydrogen (secondary N) is 1. The zero-order valence-corrected chi connectivity index (χ0v) is 14.8. The molecule has 0 aliphatic rings. The molecule has 3 N–H and O–H groups in total. The Bertz CT molecular complexity index is 979. The van der Waals surface area contributed by atoms with Crippen molar-refractivity contribution in [2.24, 2.45) is 7.05 Å². The first-order chi connectivity index (χ1) is 12.2. The second-order valence-corrected chi connectivity index (χ2v) is 5.80. The molecule has 10 heteroatoms. The first-order valence-corrected chi connectivity index (χ1v) is 7.75. The quantitative estimate of drug-likeness (QED) is 0.547. The zero-order chi connectivity index (χ0) is 19.4. The summed E-state index contributed by atoms with van der Waals surface area (Å²) in [5.74, 6) is -1.52. The summed E-state index contributed by atoms with van der Waals surface area (Å²) in [4.78, 5) is 48.8. The molecule has 0 aliphatic carbocycles. The van der Waals surface area contributed by atoms with E-state index in [4.69, 9.17) is 26.8 Å². The van der Waals surface area contributed by atoms with Crippen molar-refractivity contribution in [3.63, 3.8) is 0 Å². The van der Waals surface area contributed by atoms with Gasteiger partial charge in [0.15, 0.2) is 13.2 Å². The number of ketones is 1. The fourth-order valence-corrected chi connectivity index (χ4v) is 2.30. The maximum atomic E-state index is 12.1. The number of aromatic nitrogens is 2. The maximum Gasteiger partial charge on any atom is 0.344 e. The van der Waals surface area contributed by atoms with Gasteiger partial charge < -0.3 is 15.2 Å². The van der Waals surface area contributed by atoms with Crippen LogP contribution in [0.5, 0.6) is 5.75 Å². The lowest BCUT2D eigenvalue weighted by molar-refractivity contribution is -0.144. The Kier molecular flexibility index (Phi) is 5.83. The van der Waals surface area contributed by atoms with Gasteiger partial charge in [-0.1, -0.05) is 11.6 Å². The molecular weight excluding hydrogens is 366 g/mol. The van der Waals surface area contributed by atoms with Gasteiger partial charge in [0, 0.05) is 12.1 Å². The van der Waals surface area contributed by atoms with Crippen molar-refractivity contribution in [1.82, 2.24) is 9.55 Å². The lowest BCUT2D eigenvalue weighted by atomic mass is 10.2. The molecule has 1 heterocycles. The molecule has 1 aromatic carbocycles. The van der Waals surface area contributed by atoms with Crippen LogP contribution in [0.4, 0.5) is 5.82 Å². The predicted octanol–water partition coefficient (Wildman–Crippen LogP) is 0.423. The summed E-state index contributed by atoms with van der Waals surface area (Å²) < 4.78 is 11.0. The van der Waals surface area contributed by atoms with Crippen LogP contribution in [0.3, 0.4) is 0 Å². The Morgan fingerprint density at radius 2 is 1.96 bits per heavy atom. The van der Waals surface area contributed by atoms with Crippen LogP contribution in [-0.4, -0.2) is 34.5 Å². The number of H-pyrrole nitrogens is 1. The molecule has 0 amide bonds. The minimum absolute atomic E-state index is 0.312. The van der Waals surface area contributed by atoms with Gasteiger partial charge in [-0.3, -0.25) is 19.1 Å². The monoisotopic (exact) mass is 381 g/mol. The molecule has 2 rings (SSSR count). The van der Waals surface area contributed by atoms with E-state index >= 15 is 0 Å². The minimum Gasteiger partial charge on any atom is -0.482 e. The Hall–Kier alpha value is -3.07. The van der Waals surface area contributed by atoms with Crippen LogP contribution in [0, 0.1) is 6.92 Å². The van der Waals surface area contributed by atoms with E-state index in [-0.39, 0.29) is 5.82 Å². The van der Waals surface area contributed by atoms with Crippen molar-refractivity contribution in [2.75, 3.05) is 18.9 Å². The van der Waals surface area contributed by atoms with Gasteiger partial charge in [0.25, 0.3) is 5.56 Å².